The lowest BCUT2D eigenvalue weighted by Gasteiger charge is -2.01. The zero-order chi connectivity index (χ0) is 18.7. The van der Waals surface area contributed by atoms with E-state index in [1.807, 2.05) is 0 Å². The van der Waals surface area contributed by atoms with Gasteiger partial charge in [-0.05, 0) is 26.0 Å². The molecular formula is C17H18N4O4S. The van der Waals surface area contributed by atoms with E-state index in [9.17, 15) is 9.59 Å². The molecule has 0 unspecified atom stereocenters. The highest BCUT2D eigenvalue weighted by Gasteiger charge is 2.15. The summed E-state index contributed by atoms with van der Waals surface area (Å²) in [6, 6.07) is 3.56. The molecule has 0 aliphatic carbocycles. The average Bonchev–Trinajstić information content (AvgIpc) is 3.30. The number of carbonyl (C=O) groups is 2. The molecule has 3 aromatic rings. The average molecular weight is 374 g/mol. The van der Waals surface area contributed by atoms with E-state index in [1.165, 1.54) is 18.3 Å². The Balaban J connectivity index is 1.63. The standard InChI is InChI=1S/C17H18N4O4S/c1-9-13(10(2)25-21-9)6-16(23)20-17-19-14(8-26-17)15-5-4-12(24-15)7-18-11(3)22/h4-5,8H,6-7H2,1-3H3,(H,18,22)(H,19,20,23). The Hall–Kier alpha value is -2.94. The Morgan fingerprint density at radius 1 is 1.27 bits per heavy atom. The number of thiazole rings is 1. The smallest absolute Gasteiger partial charge is 0.230 e. The predicted octanol–water partition coefficient (Wildman–Crippen LogP) is 2.83. The third kappa shape index (κ3) is 4.17. The van der Waals surface area contributed by atoms with Gasteiger partial charge in [-0.15, -0.1) is 11.3 Å². The number of nitrogens with one attached hydrogen (secondary N) is 2. The summed E-state index contributed by atoms with van der Waals surface area (Å²) < 4.78 is 10.7. The van der Waals surface area contributed by atoms with Crippen molar-refractivity contribution in [2.45, 2.75) is 33.7 Å². The molecular weight excluding hydrogens is 356 g/mol. The summed E-state index contributed by atoms with van der Waals surface area (Å²) in [5.41, 5.74) is 2.12. The third-order valence-electron chi connectivity index (χ3n) is 3.69. The molecule has 0 saturated carbocycles. The summed E-state index contributed by atoms with van der Waals surface area (Å²) in [7, 11) is 0. The lowest BCUT2D eigenvalue weighted by molar-refractivity contribution is -0.119. The van der Waals surface area contributed by atoms with Crippen molar-refractivity contribution < 1.29 is 18.5 Å². The summed E-state index contributed by atoms with van der Waals surface area (Å²) >= 11 is 1.31. The monoisotopic (exact) mass is 374 g/mol. The van der Waals surface area contributed by atoms with Crippen molar-refractivity contribution in [1.82, 2.24) is 15.5 Å². The van der Waals surface area contributed by atoms with E-state index in [0.29, 0.717) is 40.3 Å². The minimum Gasteiger partial charge on any atom is -0.458 e. The lowest BCUT2D eigenvalue weighted by atomic mass is 10.1. The van der Waals surface area contributed by atoms with E-state index in [-0.39, 0.29) is 18.2 Å². The van der Waals surface area contributed by atoms with Crippen LogP contribution >= 0.6 is 11.3 Å². The second kappa shape index (κ2) is 7.52. The van der Waals surface area contributed by atoms with Crippen LogP contribution in [-0.4, -0.2) is 22.0 Å². The predicted molar refractivity (Wildman–Crippen MR) is 95.6 cm³/mol. The quantitative estimate of drug-likeness (QED) is 0.686. The highest BCUT2D eigenvalue weighted by atomic mass is 32.1. The van der Waals surface area contributed by atoms with Gasteiger partial charge >= 0.3 is 0 Å². The molecule has 0 spiro atoms. The maximum absolute atomic E-state index is 12.2. The molecule has 2 amide bonds. The fraction of sp³-hybridized carbons (Fsp3) is 0.294. The van der Waals surface area contributed by atoms with Gasteiger partial charge in [-0.25, -0.2) is 4.98 Å². The van der Waals surface area contributed by atoms with Gasteiger partial charge in [0.1, 0.15) is 17.2 Å². The third-order valence-corrected chi connectivity index (χ3v) is 4.45. The van der Waals surface area contributed by atoms with Crippen molar-refractivity contribution in [3.63, 3.8) is 0 Å². The molecule has 0 radical (unpaired) electrons. The first-order chi connectivity index (χ1) is 12.4. The number of aryl methyl sites for hydroxylation is 2. The Bertz CT molecular complexity index is 921. The Labute approximate surface area is 153 Å². The fourth-order valence-corrected chi connectivity index (χ4v) is 3.06. The molecule has 0 fully saturated rings. The molecule has 0 saturated heterocycles. The van der Waals surface area contributed by atoms with Gasteiger partial charge < -0.3 is 19.6 Å². The second-order valence-electron chi connectivity index (χ2n) is 5.74. The summed E-state index contributed by atoms with van der Waals surface area (Å²) in [6.07, 6.45) is 0.178. The van der Waals surface area contributed by atoms with Crippen LogP contribution in [0.2, 0.25) is 0 Å². The molecule has 8 nitrogen and oxygen atoms in total. The summed E-state index contributed by atoms with van der Waals surface area (Å²) in [4.78, 5) is 27.5. The summed E-state index contributed by atoms with van der Waals surface area (Å²) in [5, 5.41) is 11.6. The second-order valence-corrected chi connectivity index (χ2v) is 6.60. The fourth-order valence-electron chi connectivity index (χ4n) is 2.34. The largest absolute Gasteiger partial charge is 0.458 e. The number of amides is 2. The molecule has 0 bridgehead atoms. The summed E-state index contributed by atoms with van der Waals surface area (Å²) in [6.45, 7) is 5.35. The SMILES string of the molecule is CC(=O)NCc1ccc(-c2csc(NC(=O)Cc3c(C)noc3C)n2)o1. The molecule has 0 aliphatic heterocycles. The molecule has 9 heteroatoms. The van der Waals surface area contributed by atoms with Crippen LogP contribution in [0, 0.1) is 13.8 Å². The zero-order valence-electron chi connectivity index (χ0n) is 14.6. The molecule has 2 N–H and O–H groups in total. The Morgan fingerprint density at radius 3 is 2.77 bits per heavy atom. The molecule has 3 heterocycles. The number of rotatable bonds is 6. The van der Waals surface area contributed by atoms with Gasteiger partial charge in [0.05, 0.1) is 18.7 Å². The van der Waals surface area contributed by atoms with Gasteiger partial charge in [0.25, 0.3) is 0 Å². The van der Waals surface area contributed by atoms with E-state index < -0.39 is 0 Å². The topological polar surface area (TPSA) is 110 Å². The molecule has 0 aliphatic rings. The van der Waals surface area contributed by atoms with Gasteiger partial charge in [0.15, 0.2) is 10.9 Å². The minimum atomic E-state index is -0.189. The van der Waals surface area contributed by atoms with Crippen molar-refractivity contribution in [3.8, 4) is 11.5 Å². The van der Waals surface area contributed by atoms with E-state index in [0.717, 1.165) is 5.56 Å². The number of hydrogen-bond acceptors (Lipinski definition) is 7. The van der Waals surface area contributed by atoms with Crippen molar-refractivity contribution in [1.29, 1.82) is 0 Å². The van der Waals surface area contributed by atoms with Crippen molar-refractivity contribution >= 4 is 28.3 Å². The number of anilines is 1. The maximum Gasteiger partial charge on any atom is 0.230 e. The van der Waals surface area contributed by atoms with Crippen LogP contribution in [0.4, 0.5) is 5.13 Å². The molecule has 136 valence electrons. The molecule has 0 atom stereocenters. The van der Waals surface area contributed by atoms with E-state index in [1.54, 1.807) is 31.4 Å². The first-order valence-electron chi connectivity index (χ1n) is 7.93. The van der Waals surface area contributed by atoms with E-state index >= 15 is 0 Å². The van der Waals surface area contributed by atoms with Gasteiger partial charge in [0.2, 0.25) is 11.8 Å². The van der Waals surface area contributed by atoms with Crippen molar-refractivity contribution in [2.24, 2.45) is 0 Å². The number of carbonyl (C=O) groups excluding carboxylic acids is 2. The molecule has 3 aromatic heterocycles. The number of furan rings is 1. The highest BCUT2D eigenvalue weighted by Crippen LogP contribution is 2.27. The maximum atomic E-state index is 12.2. The number of hydrogen-bond donors (Lipinski definition) is 2. The van der Waals surface area contributed by atoms with Gasteiger partial charge in [0, 0.05) is 17.9 Å². The van der Waals surface area contributed by atoms with Crippen LogP contribution in [0.3, 0.4) is 0 Å². The van der Waals surface area contributed by atoms with E-state index in [4.69, 9.17) is 8.94 Å². The van der Waals surface area contributed by atoms with Crippen molar-refractivity contribution in [3.05, 3.63) is 40.3 Å². The van der Waals surface area contributed by atoms with Crippen LogP contribution in [0.25, 0.3) is 11.5 Å². The first-order valence-corrected chi connectivity index (χ1v) is 8.81. The van der Waals surface area contributed by atoms with Crippen LogP contribution in [0.5, 0.6) is 0 Å². The van der Waals surface area contributed by atoms with E-state index in [2.05, 4.69) is 20.8 Å². The van der Waals surface area contributed by atoms with Gasteiger partial charge in [-0.3, -0.25) is 9.59 Å². The van der Waals surface area contributed by atoms with Crippen LogP contribution in [-0.2, 0) is 22.6 Å². The van der Waals surface area contributed by atoms with Crippen LogP contribution < -0.4 is 10.6 Å². The number of nitrogens with zero attached hydrogens (tertiary/aromatic N) is 2. The molecule has 3 rings (SSSR count). The molecule has 0 aromatic carbocycles. The van der Waals surface area contributed by atoms with Crippen LogP contribution in [0.1, 0.15) is 29.7 Å². The Kier molecular flexibility index (Phi) is 5.17. The Morgan fingerprint density at radius 2 is 2.08 bits per heavy atom. The number of aromatic nitrogens is 2. The van der Waals surface area contributed by atoms with Gasteiger partial charge in [-0.1, -0.05) is 5.16 Å². The summed E-state index contributed by atoms with van der Waals surface area (Å²) in [5.74, 6) is 1.53. The lowest BCUT2D eigenvalue weighted by Crippen LogP contribution is -2.18. The normalized spacial score (nSPS) is 10.7. The zero-order valence-corrected chi connectivity index (χ0v) is 15.4. The van der Waals surface area contributed by atoms with Crippen molar-refractivity contribution in [2.75, 3.05) is 5.32 Å². The van der Waals surface area contributed by atoms with Crippen LogP contribution in [0.15, 0.2) is 26.5 Å². The van der Waals surface area contributed by atoms with Gasteiger partial charge in [-0.2, -0.15) is 0 Å². The first kappa shape index (κ1) is 17.9. The molecule has 26 heavy (non-hydrogen) atoms. The highest BCUT2D eigenvalue weighted by molar-refractivity contribution is 7.14. The minimum absolute atomic E-state index is 0.125.